The highest BCUT2D eigenvalue weighted by atomic mass is 19.1. The maximum atomic E-state index is 13.1. The third-order valence-corrected chi connectivity index (χ3v) is 3.32. The second-order valence-electron chi connectivity index (χ2n) is 4.74. The SMILES string of the molecule is NCc1nnn(-c2ccc(F)cc2)c1Cc1ccccc1. The van der Waals surface area contributed by atoms with Crippen molar-refractivity contribution in [2.24, 2.45) is 5.73 Å². The predicted molar refractivity (Wildman–Crippen MR) is 78.5 cm³/mol. The first-order valence-corrected chi connectivity index (χ1v) is 6.71. The van der Waals surface area contributed by atoms with E-state index in [1.807, 2.05) is 30.3 Å². The first-order valence-electron chi connectivity index (χ1n) is 6.71. The fourth-order valence-electron chi connectivity index (χ4n) is 2.25. The molecule has 5 heteroatoms. The van der Waals surface area contributed by atoms with Gasteiger partial charge in [0.05, 0.1) is 11.4 Å². The lowest BCUT2D eigenvalue weighted by molar-refractivity contribution is 0.626. The van der Waals surface area contributed by atoms with Crippen molar-refractivity contribution in [3.63, 3.8) is 0 Å². The van der Waals surface area contributed by atoms with Crippen LogP contribution in [0.15, 0.2) is 54.6 Å². The minimum Gasteiger partial charge on any atom is -0.325 e. The van der Waals surface area contributed by atoms with E-state index < -0.39 is 0 Å². The summed E-state index contributed by atoms with van der Waals surface area (Å²) < 4.78 is 14.8. The lowest BCUT2D eigenvalue weighted by atomic mass is 10.1. The number of halogens is 1. The van der Waals surface area contributed by atoms with Gasteiger partial charge in [-0.05, 0) is 29.8 Å². The van der Waals surface area contributed by atoms with Gasteiger partial charge in [0.2, 0.25) is 0 Å². The van der Waals surface area contributed by atoms with Gasteiger partial charge in [0, 0.05) is 13.0 Å². The smallest absolute Gasteiger partial charge is 0.123 e. The van der Waals surface area contributed by atoms with Gasteiger partial charge in [-0.15, -0.1) is 5.10 Å². The first-order chi connectivity index (χ1) is 10.3. The summed E-state index contributed by atoms with van der Waals surface area (Å²) in [6.07, 6.45) is 0.678. The largest absolute Gasteiger partial charge is 0.325 e. The fraction of sp³-hybridized carbons (Fsp3) is 0.125. The molecule has 106 valence electrons. The standard InChI is InChI=1S/C16H15FN4/c17-13-6-8-14(9-7-13)21-16(15(11-18)19-20-21)10-12-4-2-1-3-5-12/h1-9H,10-11,18H2. The molecule has 1 aromatic heterocycles. The number of rotatable bonds is 4. The van der Waals surface area contributed by atoms with Gasteiger partial charge in [0.25, 0.3) is 0 Å². The zero-order valence-electron chi connectivity index (χ0n) is 11.4. The zero-order valence-corrected chi connectivity index (χ0v) is 11.4. The molecule has 0 bridgehead atoms. The number of aromatic nitrogens is 3. The van der Waals surface area contributed by atoms with Crippen molar-refractivity contribution >= 4 is 0 Å². The molecule has 1 heterocycles. The van der Waals surface area contributed by atoms with Crippen LogP contribution >= 0.6 is 0 Å². The van der Waals surface area contributed by atoms with Crippen molar-refractivity contribution in [3.8, 4) is 5.69 Å². The summed E-state index contributed by atoms with van der Waals surface area (Å²) >= 11 is 0. The Morgan fingerprint density at radius 3 is 2.38 bits per heavy atom. The number of nitrogens with zero attached hydrogens (tertiary/aromatic N) is 3. The van der Waals surface area contributed by atoms with Crippen molar-refractivity contribution in [3.05, 3.63) is 77.4 Å². The van der Waals surface area contributed by atoms with Gasteiger partial charge >= 0.3 is 0 Å². The summed E-state index contributed by atoms with van der Waals surface area (Å²) in [6.45, 7) is 0.323. The normalized spacial score (nSPS) is 10.8. The van der Waals surface area contributed by atoms with Crippen LogP contribution in [0.25, 0.3) is 5.69 Å². The molecule has 3 aromatic rings. The predicted octanol–water partition coefficient (Wildman–Crippen LogP) is 2.46. The molecule has 0 spiro atoms. The van der Waals surface area contributed by atoms with E-state index in [2.05, 4.69) is 10.3 Å². The van der Waals surface area contributed by atoms with E-state index in [0.717, 1.165) is 22.6 Å². The minimum atomic E-state index is -0.275. The molecule has 21 heavy (non-hydrogen) atoms. The molecule has 3 rings (SSSR count). The Morgan fingerprint density at radius 1 is 1.00 bits per heavy atom. The Hall–Kier alpha value is -2.53. The average Bonchev–Trinajstić information content (AvgIpc) is 2.92. The van der Waals surface area contributed by atoms with E-state index in [0.29, 0.717) is 13.0 Å². The fourth-order valence-corrected chi connectivity index (χ4v) is 2.25. The molecule has 0 atom stereocenters. The van der Waals surface area contributed by atoms with Gasteiger partial charge in [-0.25, -0.2) is 9.07 Å². The van der Waals surface area contributed by atoms with E-state index in [1.165, 1.54) is 12.1 Å². The highest BCUT2D eigenvalue weighted by molar-refractivity contribution is 5.35. The third kappa shape index (κ3) is 2.83. The minimum absolute atomic E-state index is 0.275. The summed E-state index contributed by atoms with van der Waals surface area (Å²) in [6, 6.07) is 16.2. The van der Waals surface area contributed by atoms with Crippen LogP contribution in [0.1, 0.15) is 17.0 Å². The van der Waals surface area contributed by atoms with Crippen LogP contribution in [0, 0.1) is 5.82 Å². The number of hydrogen-bond donors (Lipinski definition) is 1. The van der Waals surface area contributed by atoms with Crippen LogP contribution in [0.3, 0.4) is 0 Å². The maximum Gasteiger partial charge on any atom is 0.123 e. The van der Waals surface area contributed by atoms with Crippen LogP contribution < -0.4 is 5.73 Å². The molecule has 2 N–H and O–H groups in total. The molecule has 0 saturated heterocycles. The molecule has 0 amide bonds. The summed E-state index contributed by atoms with van der Waals surface area (Å²) in [7, 11) is 0. The average molecular weight is 282 g/mol. The van der Waals surface area contributed by atoms with Crippen molar-refractivity contribution in [2.75, 3.05) is 0 Å². The molecule has 4 nitrogen and oxygen atoms in total. The van der Waals surface area contributed by atoms with Crippen LogP contribution in [0.4, 0.5) is 4.39 Å². The summed E-state index contributed by atoms with van der Waals surface area (Å²) in [4.78, 5) is 0. The number of nitrogens with two attached hydrogens (primary N) is 1. The van der Waals surface area contributed by atoms with Crippen molar-refractivity contribution in [1.29, 1.82) is 0 Å². The van der Waals surface area contributed by atoms with Crippen molar-refractivity contribution in [1.82, 2.24) is 15.0 Å². The van der Waals surface area contributed by atoms with Gasteiger partial charge in [-0.3, -0.25) is 0 Å². The highest BCUT2D eigenvalue weighted by Crippen LogP contribution is 2.17. The monoisotopic (exact) mass is 282 g/mol. The third-order valence-electron chi connectivity index (χ3n) is 3.32. The van der Waals surface area contributed by atoms with Crippen LogP contribution in [0.5, 0.6) is 0 Å². The molecule has 0 aliphatic heterocycles. The zero-order chi connectivity index (χ0) is 14.7. The van der Waals surface area contributed by atoms with E-state index >= 15 is 0 Å². The lowest BCUT2D eigenvalue weighted by Gasteiger charge is -2.08. The molecule has 0 aliphatic carbocycles. The van der Waals surface area contributed by atoms with E-state index in [4.69, 9.17) is 5.73 Å². The van der Waals surface area contributed by atoms with Gasteiger partial charge in [0.1, 0.15) is 11.5 Å². The molecule has 0 unspecified atom stereocenters. The van der Waals surface area contributed by atoms with Gasteiger partial charge in [-0.2, -0.15) is 0 Å². The summed E-state index contributed by atoms with van der Waals surface area (Å²) in [5, 5.41) is 8.27. The van der Waals surface area contributed by atoms with Crippen molar-refractivity contribution in [2.45, 2.75) is 13.0 Å². The van der Waals surface area contributed by atoms with Crippen molar-refractivity contribution < 1.29 is 4.39 Å². The second kappa shape index (κ2) is 5.85. The Morgan fingerprint density at radius 2 is 1.71 bits per heavy atom. The maximum absolute atomic E-state index is 13.1. The molecular formula is C16H15FN4. The lowest BCUT2D eigenvalue weighted by Crippen LogP contribution is -2.07. The molecule has 0 radical (unpaired) electrons. The topological polar surface area (TPSA) is 56.7 Å². The second-order valence-corrected chi connectivity index (χ2v) is 4.74. The van der Waals surface area contributed by atoms with Crippen LogP contribution in [-0.4, -0.2) is 15.0 Å². The van der Waals surface area contributed by atoms with E-state index in [1.54, 1.807) is 16.8 Å². The van der Waals surface area contributed by atoms with E-state index in [9.17, 15) is 4.39 Å². The molecule has 0 saturated carbocycles. The summed E-state index contributed by atoms with van der Waals surface area (Å²) in [5.41, 5.74) is 9.35. The molecular weight excluding hydrogens is 267 g/mol. The Balaban J connectivity index is 2.02. The Bertz CT molecular complexity index is 720. The van der Waals surface area contributed by atoms with Gasteiger partial charge < -0.3 is 5.73 Å². The van der Waals surface area contributed by atoms with Gasteiger partial charge in [0.15, 0.2) is 0 Å². The molecule has 0 fully saturated rings. The first kappa shape index (κ1) is 13.5. The molecule has 0 aliphatic rings. The quantitative estimate of drug-likeness (QED) is 0.799. The summed E-state index contributed by atoms with van der Waals surface area (Å²) in [5.74, 6) is -0.275. The Labute approximate surface area is 122 Å². The van der Waals surface area contributed by atoms with E-state index in [-0.39, 0.29) is 5.82 Å². The van der Waals surface area contributed by atoms with Gasteiger partial charge in [-0.1, -0.05) is 35.5 Å². The van der Waals surface area contributed by atoms with Crippen LogP contribution in [-0.2, 0) is 13.0 Å². The Kier molecular flexibility index (Phi) is 3.75. The highest BCUT2D eigenvalue weighted by Gasteiger charge is 2.13. The molecule has 2 aromatic carbocycles. The number of hydrogen-bond acceptors (Lipinski definition) is 3. The van der Waals surface area contributed by atoms with Crippen LogP contribution in [0.2, 0.25) is 0 Å². The number of benzene rings is 2.